The highest BCUT2D eigenvalue weighted by Gasteiger charge is 2.27. The van der Waals surface area contributed by atoms with Crippen molar-refractivity contribution in [3.05, 3.63) is 18.3 Å². The Hall–Kier alpha value is -1.19. The van der Waals surface area contributed by atoms with E-state index in [1.807, 2.05) is 0 Å². The number of aromatic nitrogens is 2. The van der Waals surface area contributed by atoms with Gasteiger partial charge in [-0.15, -0.1) is 0 Å². The summed E-state index contributed by atoms with van der Waals surface area (Å²) < 4.78 is 13.1. The first-order chi connectivity index (χ1) is 8.47. The van der Waals surface area contributed by atoms with Crippen LogP contribution in [0.2, 0.25) is 0 Å². The molecular weight excluding hydrogens is 229 g/mol. The first kappa shape index (κ1) is 13.2. The van der Waals surface area contributed by atoms with Gasteiger partial charge >= 0.3 is 0 Å². The molecule has 3 nitrogen and oxygen atoms in total. The Morgan fingerprint density at radius 1 is 1.22 bits per heavy atom. The summed E-state index contributed by atoms with van der Waals surface area (Å²) in [5.74, 6) is 1.00. The van der Waals surface area contributed by atoms with E-state index in [1.165, 1.54) is 18.8 Å². The Balaban J connectivity index is 2.05. The summed E-state index contributed by atoms with van der Waals surface area (Å²) in [5, 5.41) is 0. The van der Waals surface area contributed by atoms with Gasteiger partial charge in [0.1, 0.15) is 12.1 Å². The van der Waals surface area contributed by atoms with E-state index >= 15 is 0 Å². The van der Waals surface area contributed by atoms with Crippen LogP contribution >= 0.6 is 0 Å². The molecule has 4 heteroatoms. The number of halogens is 1. The maximum atomic E-state index is 13.1. The Morgan fingerprint density at radius 2 is 2.00 bits per heavy atom. The Labute approximate surface area is 108 Å². The minimum absolute atomic E-state index is 0.354. The van der Waals surface area contributed by atoms with E-state index in [-0.39, 0.29) is 0 Å². The highest BCUT2D eigenvalue weighted by Crippen LogP contribution is 2.34. The van der Waals surface area contributed by atoms with Crippen molar-refractivity contribution in [2.45, 2.75) is 40.0 Å². The molecule has 18 heavy (non-hydrogen) atoms. The second kappa shape index (κ2) is 5.21. The lowest BCUT2D eigenvalue weighted by molar-refractivity contribution is 0.220. The van der Waals surface area contributed by atoms with Crippen molar-refractivity contribution < 1.29 is 4.39 Å². The van der Waals surface area contributed by atoms with Crippen molar-refractivity contribution in [2.75, 3.05) is 18.0 Å². The Kier molecular flexibility index (Phi) is 3.83. The topological polar surface area (TPSA) is 29.0 Å². The van der Waals surface area contributed by atoms with Gasteiger partial charge in [-0.3, -0.25) is 0 Å². The molecule has 1 fully saturated rings. The van der Waals surface area contributed by atoms with Crippen LogP contribution in [0.25, 0.3) is 0 Å². The molecule has 0 N–H and O–H groups in total. The van der Waals surface area contributed by atoms with Gasteiger partial charge in [0.15, 0.2) is 0 Å². The van der Waals surface area contributed by atoms with Crippen LogP contribution in [-0.4, -0.2) is 23.1 Å². The first-order valence-electron chi connectivity index (χ1n) is 6.69. The lowest BCUT2D eigenvalue weighted by Gasteiger charge is -2.29. The fraction of sp³-hybridized carbons (Fsp3) is 0.714. The van der Waals surface area contributed by atoms with Gasteiger partial charge in [-0.05, 0) is 30.6 Å². The quantitative estimate of drug-likeness (QED) is 0.717. The molecule has 0 amide bonds. The van der Waals surface area contributed by atoms with Crippen LogP contribution < -0.4 is 4.90 Å². The summed E-state index contributed by atoms with van der Waals surface area (Å²) >= 11 is 0. The molecule has 0 saturated carbocycles. The standard InChI is InChI=1S/C14H22FN3/c1-14(2,3)11-5-4-7-18(8-6-11)13-9-12(15)16-10-17-13/h9-11H,4-8H2,1-3H3. The highest BCUT2D eigenvalue weighted by atomic mass is 19.1. The van der Waals surface area contributed by atoms with Gasteiger partial charge in [0.05, 0.1) is 0 Å². The Bertz CT molecular complexity index is 400. The van der Waals surface area contributed by atoms with Crippen molar-refractivity contribution in [1.29, 1.82) is 0 Å². The maximum absolute atomic E-state index is 13.1. The molecule has 1 saturated heterocycles. The fourth-order valence-corrected chi connectivity index (χ4v) is 2.69. The molecule has 0 aliphatic carbocycles. The van der Waals surface area contributed by atoms with Crippen LogP contribution in [0.5, 0.6) is 0 Å². The minimum atomic E-state index is -0.448. The molecule has 0 bridgehead atoms. The zero-order valence-corrected chi connectivity index (χ0v) is 11.5. The van der Waals surface area contributed by atoms with E-state index in [4.69, 9.17) is 0 Å². The van der Waals surface area contributed by atoms with Crippen LogP contribution in [0.4, 0.5) is 10.2 Å². The predicted molar refractivity (Wildman–Crippen MR) is 71.0 cm³/mol. The number of hydrogen-bond acceptors (Lipinski definition) is 3. The van der Waals surface area contributed by atoms with Crippen LogP contribution in [0, 0.1) is 17.3 Å². The third kappa shape index (κ3) is 3.18. The van der Waals surface area contributed by atoms with Gasteiger partial charge in [-0.2, -0.15) is 4.39 Å². The summed E-state index contributed by atoms with van der Waals surface area (Å²) in [4.78, 5) is 9.85. The van der Waals surface area contributed by atoms with Gasteiger partial charge in [0.2, 0.25) is 5.95 Å². The molecule has 2 heterocycles. The van der Waals surface area contributed by atoms with Crippen LogP contribution in [0.1, 0.15) is 40.0 Å². The monoisotopic (exact) mass is 251 g/mol. The summed E-state index contributed by atoms with van der Waals surface area (Å²) in [6.45, 7) is 8.83. The normalized spacial score (nSPS) is 21.8. The second-order valence-electron chi connectivity index (χ2n) is 6.18. The van der Waals surface area contributed by atoms with E-state index in [0.717, 1.165) is 37.7 Å². The van der Waals surface area contributed by atoms with Gasteiger partial charge in [0.25, 0.3) is 0 Å². The SMILES string of the molecule is CC(C)(C)C1CCCN(c2cc(F)ncn2)CC1. The highest BCUT2D eigenvalue weighted by molar-refractivity contribution is 5.36. The van der Waals surface area contributed by atoms with Crippen molar-refractivity contribution in [3.8, 4) is 0 Å². The zero-order chi connectivity index (χ0) is 13.2. The average molecular weight is 251 g/mol. The summed E-state index contributed by atoms with van der Waals surface area (Å²) in [6.07, 6.45) is 4.84. The number of rotatable bonds is 1. The zero-order valence-electron chi connectivity index (χ0n) is 11.5. The van der Waals surface area contributed by atoms with E-state index in [2.05, 4.69) is 35.6 Å². The molecule has 1 aromatic rings. The molecule has 2 rings (SSSR count). The number of nitrogens with zero attached hydrogens (tertiary/aromatic N) is 3. The molecule has 1 atom stereocenters. The molecule has 1 aromatic heterocycles. The molecule has 100 valence electrons. The van der Waals surface area contributed by atoms with Crippen molar-refractivity contribution in [2.24, 2.45) is 11.3 Å². The minimum Gasteiger partial charge on any atom is -0.356 e. The van der Waals surface area contributed by atoms with E-state index in [0.29, 0.717) is 5.41 Å². The first-order valence-corrected chi connectivity index (χ1v) is 6.69. The van der Waals surface area contributed by atoms with Crippen molar-refractivity contribution in [1.82, 2.24) is 9.97 Å². The lowest BCUT2D eigenvalue weighted by Crippen LogP contribution is -2.26. The fourth-order valence-electron chi connectivity index (χ4n) is 2.69. The van der Waals surface area contributed by atoms with Gasteiger partial charge in [0, 0.05) is 19.2 Å². The van der Waals surface area contributed by atoms with Crippen LogP contribution in [-0.2, 0) is 0 Å². The van der Waals surface area contributed by atoms with Crippen molar-refractivity contribution in [3.63, 3.8) is 0 Å². The van der Waals surface area contributed by atoms with Gasteiger partial charge < -0.3 is 4.90 Å². The molecule has 0 aromatic carbocycles. The predicted octanol–water partition coefficient (Wildman–Crippen LogP) is 3.27. The average Bonchev–Trinajstić information content (AvgIpc) is 2.53. The van der Waals surface area contributed by atoms with E-state index in [1.54, 1.807) is 0 Å². The maximum Gasteiger partial charge on any atom is 0.218 e. The second-order valence-corrected chi connectivity index (χ2v) is 6.18. The smallest absolute Gasteiger partial charge is 0.218 e. The summed E-state index contributed by atoms with van der Waals surface area (Å²) in [6, 6.07) is 1.43. The van der Waals surface area contributed by atoms with Crippen LogP contribution in [0.3, 0.4) is 0 Å². The van der Waals surface area contributed by atoms with Gasteiger partial charge in [-0.1, -0.05) is 20.8 Å². The molecular formula is C14H22FN3. The van der Waals surface area contributed by atoms with Crippen LogP contribution in [0.15, 0.2) is 12.4 Å². The lowest BCUT2D eigenvalue weighted by atomic mass is 9.77. The number of anilines is 1. The summed E-state index contributed by atoms with van der Waals surface area (Å²) in [5.41, 5.74) is 0.354. The molecule has 0 radical (unpaired) electrons. The molecule has 1 unspecified atom stereocenters. The Morgan fingerprint density at radius 3 is 2.67 bits per heavy atom. The van der Waals surface area contributed by atoms with E-state index in [9.17, 15) is 4.39 Å². The molecule has 1 aliphatic rings. The third-order valence-electron chi connectivity index (χ3n) is 3.90. The molecule has 1 aliphatic heterocycles. The largest absolute Gasteiger partial charge is 0.356 e. The molecule has 0 spiro atoms. The van der Waals surface area contributed by atoms with Gasteiger partial charge in [-0.25, -0.2) is 9.97 Å². The van der Waals surface area contributed by atoms with E-state index < -0.39 is 5.95 Å². The van der Waals surface area contributed by atoms with Crippen molar-refractivity contribution >= 4 is 5.82 Å². The third-order valence-corrected chi connectivity index (χ3v) is 3.90. The number of hydrogen-bond donors (Lipinski definition) is 0. The summed E-state index contributed by atoms with van der Waals surface area (Å²) in [7, 11) is 0.